The number of nitrogens with one attached hydrogen (secondary N) is 1. The fraction of sp³-hybridized carbons (Fsp3) is 0.316. The number of hydrogen-bond donors (Lipinski definition) is 2. The summed E-state index contributed by atoms with van der Waals surface area (Å²) in [5.41, 5.74) is 1.65. The van der Waals surface area contributed by atoms with Gasteiger partial charge in [-0.25, -0.2) is 0 Å². The van der Waals surface area contributed by atoms with Gasteiger partial charge in [0.15, 0.2) is 0 Å². The van der Waals surface area contributed by atoms with Gasteiger partial charge in [0, 0.05) is 24.1 Å². The highest BCUT2D eigenvalue weighted by molar-refractivity contribution is 5.51. The van der Waals surface area contributed by atoms with E-state index in [0.717, 1.165) is 16.9 Å². The maximum Gasteiger partial charge on any atom is 0.207 e. The van der Waals surface area contributed by atoms with Gasteiger partial charge >= 0.3 is 0 Å². The molecule has 2 N–H and O–H groups in total. The fourth-order valence-electron chi connectivity index (χ4n) is 3.11. The second kappa shape index (κ2) is 8.34. The first-order valence-corrected chi connectivity index (χ1v) is 7.75. The van der Waals surface area contributed by atoms with E-state index in [-0.39, 0.29) is 6.61 Å². The van der Waals surface area contributed by atoms with E-state index in [1.807, 2.05) is 42.5 Å². The van der Waals surface area contributed by atoms with Crippen LogP contribution in [0, 0.1) is 0 Å². The molecule has 0 bridgehead atoms. The molecule has 0 heterocycles. The normalized spacial score (nSPS) is 13.1. The molecule has 4 nitrogen and oxygen atoms in total. The van der Waals surface area contributed by atoms with Crippen molar-refractivity contribution in [2.45, 2.75) is 18.3 Å². The number of methoxy groups -OCH3 is 1. The molecule has 4 heteroatoms. The number of carbonyl (C=O) groups excluding carboxylic acids is 1. The molecule has 23 heavy (non-hydrogen) atoms. The molecule has 2 aromatic rings. The predicted octanol–water partition coefficient (Wildman–Crippen LogP) is 2.50. The number of aliphatic hydroxyl groups excluding tert-OH is 1. The minimum absolute atomic E-state index is 0.102. The molecule has 2 aromatic carbocycles. The fourth-order valence-corrected chi connectivity index (χ4v) is 3.11. The Balaban J connectivity index is 2.61. The summed E-state index contributed by atoms with van der Waals surface area (Å²) in [7, 11) is 1.65. The molecule has 1 amide bonds. The molecule has 0 radical (unpaired) electrons. The standard InChI is InChI=1S/C19H23NO3/c1-23-18-11-6-5-10-17(18)19(12-7-13-21,14-20-15-22)16-8-3-2-4-9-16/h2-6,8-11,15,21H,7,12-14H2,1H3,(H,20,22)/t19-/m0/s1. The monoisotopic (exact) mass is 313 g/mol. The van der Waals surface area contributed by atoms with Gasteiger partial charge in [0.25, 0.3) is 0 Å². The number of para-hydroxylation sites is 1. The van der Waals surface area contributed by atoms with E-state index in [4.69, 9.17) is 4.74 Å². The lowest BCUT2D eigenvalue weighted by Gasteiger charge is -2.36. The molecule has 0 saturated carbocycles. The maximum absolute atomic E-state index is 11.0. The molecule has 122 valence electrons. The first kappa shape index (κ1) is 17.0. The first-order valence-electron chi connectivity index (χ1n) is 7.75. The van der Waals surface area contributed by atoms with Gasteiger partial charge < -0.3 is 15.2 Å². The summed E-state index contributed by atoms with van der Waals surface area (Å²) in [5, 5.41) is 12.2. The van der Waals surface area contributed by atoms with E-state index in [0.29, 0.717) is 25.8 Å². The Bertz CT molecular complexity index is 615. The van der Waals surface area contributed by atoms with Crippen LogP contribution < -0.4 is 10.1 Å². The Labute approximate surface area is 137 Å². The van der Waals surface area contributed by atoms with Crippen molar-refractivity contribution in [2.75, 3.05) is 20.3 Å². The predicted molar refractivity (Wildman–Crippen MR) is 90.6 cm³/mol. The highest BCUT2D eigenvalue weighted by Gasteiger charge is 2.36. The van der Waals surface area contributed by atoms with Gasteiger partial charge in [0.1, 0.15) is 5.75 Å². The van der Waals surface area contributed by atoms with E-state index >= 15 is 0 Å². The number of aliphatic hydroxyl groups is 1. The van der Waals surface area contributed by atoms with Gasteiger partial charge in [-0.1, -0.05) is 48.5 Å². The van der Waals surface area contributed by atoms with Crippen LogP contribution in [0.2, 0.25) is 0 Å². The average Bonchev–Trinajstić information content (AvgIpc) is 2.63. The summed E-state index contributed by atoms with van der Waals surface area (Å²) in [5.74, 6) is 0.780. The number of hydrogen-bond acceptors (Lipinski definition) is 3. The number of amides is 1. The minimum Gasteiger partial charge on any atom is -0.496 e. The molecular weight excluding hydrogens is 290 g/mol. The quantitative estimate of drug-likeness (QED) is 0.699. The summed E-state index contributed by atoms with van der Waals surface area (Å²) in [6.07, 6.45) is 2.05. The van der Waals surface area contributed by atoms with Crippen molar-refractivity contribution in [3.8, 4) is 5.75 Å². The lowest BCUT2D eigenvalue weighted by atomic mass is 9.70. The van der Waals surface area contributed by atoms with Crippen molar-refractivity contribution < 1.29 is 14.6 Å². The largest absolute Gasteiger partial charge is 0.496 e. The van der Waals surface area contributed by atoms with Crippen molar-refractivity contribution >= 4 is 6.41 Å². The van der Waals surface area contributed by atoms with Gasteiger partial charge in [-0.05, 0) is 24.5 Å². The van der Waals surface area contributed by atoms with Crippen LogP contribution in [0.3, 0.4) is 0 Å². The van der Waals surface area contributed by atoms with Crippen molar-refractivity contribution in [3.63, 3.8) is 0 Å². The third-order valence-corrected chi connectivity index (χ3v) is 4.20. The smallest absolute Gasteiger partial charge is 0.207 e. The SMILES string of the molecule is COc1ccccc1[C@@](CCCO)(CNC=O)c1ccccc1. The minimum atomic E-state index is -0.447. The Morgan fingerprint density at radius 2 is 1.83 bits per heavy atom. The Kier molecular flexibility index (Phi) is 6.18. The topological polar surface area (TPSA) is 58.6 Å². The molecule has 0 saturated heterocycles. The van der Waals surface area contributed by atoms with Crippen molar-refractivity contribution in [3.05, 3.63) is 65.7 Å². The molecule has 2 rings (SSSR count). The van der Waals surface area contributed by atoms with Gasteiger partial charge in [0.2, 0.25) is 6.41 Å². The zero-order valence-electron chi connectivity index (χ0n) is 13.4. The van der Waals surface area contributed by atoms with Gasteiger partial charge in [-0.3, -0.25) is 4.79 Å². The van der Waals surface area contributed by atoms with Crippen LogP contribution in [-0.4, -0.2) is 31.8 Å². The number of carbonyl (C=O) groups is 1. The summed E-state index contributed by atoms with van der Waals surface area (Å²) in [6, 6.07) is 17.9. The van der Waals surface area contributed by atoms with Gasteiger partial charge in [0.05, 0.1) is 7.11 Å². The number of rotatable bonds is 9. The van der Waals surface area contributed by atoms with E-state index in [1.165, 1.54) is 0 Å². The van der Waals surface area contributed by atoms with Crippen LogP contribution in [0.1, 0.15) is 24.0 Å². The summed E-state index contributed by atoms with van der Waals surface area (Å²) in [4.78, 5) is 11.0. The summed E-state index contributed by atoms with van der Waals surface area (Å²) >= 11 is 0. The molecule has 0 unspecified atom stereocenters. The van der Waals surface area contributed by atoms with Crippen molar-refractivity contribution in [1.82, 2.24) is 5.32 Å². The zero-order chi connectivity index (χ0) is 16.5. The second-order valence-corrected chi connectivity index (χ2v) is 5.47. The van der Waals surface area contributed by atoms with Crippen molar-refractivity contribution in [2.24, 2.45) is 0 Å². The lowest BCUT2D eigenvalue weighted by Crippen LogP contribution is -2.39. The molecular formula is C19H23NO3. The Morgan fingerprint density at radius 1 is 1.13 bits per heavy atom. The number of ether oxygens (including phenoxy) is 1. The molecule has 0 aromatic heterocycles. The molecule has 0 aliphatic heterocycles. The van der Waals surface area contributed by atoms with E-state index in [2.05, 4.69) is 17.4 Å². The molecule has 0 aliphatic rings. The van der Waals surface area contributed by atoms with E-state index in [1.54, 1.807) is 7.11 Å². The van der Waals surface area contributed by atoms with Crippen LogP contribution in [0.4, 0.5) is 0 Å². The second-order valence-electron chi connectivity index (χ2n) is 5.47. The van der Waals surface area contributed by atoms with Crippen molar-refractivity contribution in [1.29, 1.82) is 0 Å². The van der Waals surface area contributed by atoms with E-state index < -0.39 is 5.41 Å². The van der Waals surface area contributed by atoms with Crippen LogP contribution >= 0.6 is 0 Å². The maximum atomic E-state index is 11.0. The van der Waals surface area contributed by atoms with Crippen LogP contribution in [0.15, 0.2) is 54.6 Å². The Hall–Kier alpha value is -2.33. The highest BCUT2D eigenvalue weighted by atomic mass is 16.5. The molecule has 1 atom stereocenters. The van der Waals surface area contributed by atoms with Crippen LogP contribution in [-0.2, 0) is 10.2 Å². The van der Waals surface area contributed by atoms with Gasteiger partial charge in [-0.2, -0.15) is 0 Å². The third-order valence-electron chi connectivity index (χ3n) is 4.20. The summed E-state index contributed by atoms with van der Waals surface area (Å²) in [6.45, 7) is 0.547. The van der Waals surface area contributed by atoms with E-state index in [9.17, 15) is 9.90 Å². The van der Waals surface area contributed by atoms with Crippen LogP contribution in [0.25, 0.3) is 0 Å². The summed E-state index contributed by atoms with van der Waals surface area (Å²) < 4.78 is 5.55. The van der Waals surface area contributed by atoms with Gasteiger partial charge in [-0.15, -0.1) is 0 Å². The molecule has 0 fully saturated rings. The molecule has 0 spiro atoms. The molecule has 0 aliphatic carbocycles. The lowest BCUT2D eigenvalue weighted by molar-refractivity contribution is -0.109. The average molecular weight is 313 g/mol. The van der Waals surface area contributed by atoms with Crippen LogP contribution in [0.5, 0.6) is 5.75 Å². The first-order chi connectivity index (χ1) is 11.3. The third kappa shape index (κ3) is 3.71. The number of benzene rings is 2. The highest BCUT2D eigenvalue weighted by Crippen LogP contribution is 2.40. The Morgan fingerprint density at radius 3 is 2.48 bits per heavy atom. The zero-order valence-corrected chi connectivity index (χ0v) is 13.4.